The van der Waals surface area contributed by atoms with Crippen molar-refractivity contribution in [3.8, 4) is 0 Å². The van der Waals surface area contributed by atoms with E-state index in [4.69, 9.17) is 10.8 Å². The van der Waals surface area contributed by atoms with Gasteiger partial charge in [0.1, 0.15) is 0 Å². The summed E-state index contributed by atoms with van der Waals surface area (Å²) in [6, 6.07) is -0.732. The number of unbranched alkanes of at least 4 members (excludes halogenated alkanes) is 1. The predicted octanol–water partition coefficient (Wildman–Crippen LogP) is -0.105. The first-order chi connectivity index (χ1) is 5.63. The minimum absolute atomic E-state index is 0.0998. The molecule has 2 amide bonds. The second-order valence-electron chi connectivity index (χ2n) is 2.07. The Balaban J connectivity index is 3.25. The van der Waals surface area contributed by atoms with E-state index in [0.29, 0.717) is 12.8 Å². The SMILES string of the molecule is NC(=O)NN=CCCCC(=O)O. The highest BCUT2D eigenvalue weighted by molar-refractivity contribution is 5.73. The lowest BCUT2D eigenvalue weighted by molar-refractivity contribution is -0.137. The molecule has 0 atom stereocenters. The Labute approximate surface area is 69.4 Å². The molecular formula is C6H11N3O3. The quantitative estimate of drug-likeness (QED) is 0.307. The molecule has 0 aromatic heterocycles. The molecule has 4 N–H and O–H groups in total. The van der Waals surface area contributed by atoms with E-state index in [1.165, 1.54) is 6.21 Å². The zero-order valence-corrected chi connectivity index (χ0v) is 6.49. The summed E-state index contributed by atoms with van der Waals surface area (Å²) in [5, 5.41) is 11.6. The number of nitrogens with one attached hydrogen (secondary N) is 1. The van der Waals surface area contributed by atoms with E-state index >= 15 is 0 Å². The van der Waals surface area contributed by atoms with Gasteiger partial charge in [-0.3, -0.25) is 4.79 Å². The van der Waals surface area contributed by atoms with Gasteiger partial charge in [0.25, 0.3) is 0 Å². The molecule has 12 heavy (non-hydrogen) atoms. The Kier molecular flexibility index (Phi) is 5.33. The molecule has 0 aromatic carbocycles. The summed E-state index contributed by atoms with van der Waals surface area (Å²) in [4.78, 5) is 20.0. The number of primary amides is 1. The third-order valence-electron chi connectivity index (χ3n) is 0.990. The van der Waals surface area contributed by atoms with Gasteiger partial charge >= 0.3 is 12.0 Å². The van der Waals surface area contributed by atoms with E-state index in [9.17, 15) is 9.59 Å². The highest BCUT2D eigenvalue weighted by Crippen LogP contribution is 1.91. The van der Waals surface area contributed by atoms with Crippen molar-refractivity contribution in [1.29, 1.82) is 0 Å². The van der Waals surface area contributed by atoms with Gasteiger partial charge in [0, 0.05) is 12.6 Å². The second kappa shape index (κ2) is 6.14. The number of urea groups is 1. The molecule has 0 heterocycles. The maximum absolute atomic E-state index is 10.0. The lowest BCUT2D eigenvalue weighted by Crippen LogP contribution is -2.24. The number of nitrogens with zero attached hydrogens (tertiary/aromatic N) is 1. The van der Waals surface area contributed by atoms with Crippen LogP contribution in [-0.4, -0.2) is 23.3 Å². The van der Waals surface area contributed by atoms with E-state index in [0.717, 1.165) is 0 Å². The fourth-order valence-electron chi connectivity index (χ4n) is 0.518. The molecule has 6 nitrogen and oxygen atoms in total. The van der Waals surface area contributed by atoms with Crippen LogP contribution < -0.4 is 11.2 Å². The molecule has 0 aliphatic carbocycles. The van der Waals surface area contributed by atoms with Crippen molar-refractivity contribution in [3.05, 3.63) is 0 Å². The van der Waals surface area contributed by atoms with Gasteiger partial charge in [-0.15, -0.1) is 0 Å². The van der Waals surface area contributed by atoms with E-state index in [1.807, 2.05) is 5.43 Å². The Bertz CT molecular complexity index is 190. The summed E-state index contributed by atoms with van der Waals surface area (Å²) >= 11 is 0. The lowest BCUT2D eigenvalue weighted by atomic mass is 10.2. The van der Waals surface area contributed by atoms with Crippen LogP contribution in [0.25, 0.3) is 0 Å². The number of carboxylic acid groups (broad SMARTS) is 1. The number of carbonyl (C=O) groups excluding carboxylic acids is 1. The maximum Gasteiger partial charge on any atom is 0.332 e. The third kappa shape index (κ3) is 8.41. The van der Waals surface area contributed by atoms with Gasteiger partial charge in [0.15, 0.2) is 0 Å². The van der Waals surface area contributed by atoms with E-state index < -0.39 is 12.0 Å². The van der Waals surface area contributed by atoms with Crippen LogP contribution in [0.2, 0.25) is 0 Å². The molecule has 6 heteroatoms. The minimum Gasteiger partial charge on any atom is -0.481 e. The largest absolute Gasteiger partial charge is 0.481 e. The summed E-state index contributed by atoms with van der Waals surface area (Å²) < 4.78 is 0. The Morgan fingerprint density at radius 1 is 1.58 bits per heavy atom. The molecule has 0 rings (SSSR count). The molecular weight excluding hydrogens is 162 g/mol. The molecule has 0 bridgehead atoms. The summed E-state index contributed by atoms with van der Waals surface area (Å²) in [5.41, 5.74) is 6.69. The third-order valence-corrected chi connectivity index (χ3v) is 0.990. The Morgan fingerprint density at radius 2 is 2.25 bits per heavy atom. The molecule has 0 unspecified atom stereocenters. The number of amides is 2. The summed E-state index contributed by atoms with van der Waals surface area (Å²) in [7, 11) is 0. The van der Waals surface area contributed by atoms with Gasteiger partial charge < -0.3 is 10.8 Å². The highest BCUT2D eigenvalue weighted by atomic mass is 16.4. The van der Waals surface area contributed by atoms with Crippen LogP contribution in [0.1, 0.15) is 19.3 Å². The minimum atomic E-state index is -0.841. The van der Waals surface area contributed by atoms with Crippen molar-refractivity contribution in [1.82, 2.24) is 5.43 Å². The van der Waals surface area contributed by atoms with Crippen molar-refractivity contribution in [2.24, 2.45) is 10.8 Å². The van der Waals surface area contributed by atoms with Crippen molar-refractivity contribution in [2.45, 2.75) is 19.3 Å². The molecule has 0 aliphatic rings. The van der Waals surface area contributed by atoms with Gasteiger partial charge in [0.05, 0.1) is 0 Å². The van der Waals surface area contributed by atoms with E-state index in [1.54, 1.807) is 0 Å². The zero-order chi connectivity index (χ0) is 9.40. The zero-order valence-electron chi connectivity index (χ0n) is 6.49. The molecule has 0 fully saturated rings. The fourth-order valence-corrected chi connectivity index (χ4v) is 0.518. The maximum atomic E-state index is 10.0. The van der Waals surface area contributed by atoms with Crippen LogP contribution >= 0.6 is 0 Å². The lowest BCUT2D eigenvalue weighted by Gasteiger charge is -1.91. The van der Waals surface area contributed by atoms with Gasteiger partial charge in [-0.1, -0.05) is 0 Å². The van der Waals surface area contributed by atoms with Crippen LogP contribution in [0.5, 0.6) is 0 Å². The number of hydrogen-bond donors (Lipinski definition) is 3. The summed E-state index contributed by atoms with van der Waals surface area (Å²) in [5.74, 6) is -0.841. The van der Waals surface area contributed by atoms with Crippen molar-refractivity contribution in [3.63, 3.8) is 0 Å². The monoisotopic (exact) mass is 173 g/mol. The van der Waals surface area contributed by atoms with E-state index in [2.05, 4.69) is 5.10 Å². The van der Waals surface area contributed by atoms with Crippen LogP contribution in [0.4, 0.5) is 4.79 Å². The second-order valence-corrected chi connectivity index (χ2v) is 2.07. The normalized spacial score (nSPS) is 10.0. The summed E-state index contributed by atoms with van der Waals surface area (Å²) in [6.07, 6.45) is 2.52. The number of nitrogens with two attached hydrogens (primary N) is 1. The van der Waals surface area contributed by atoms with Crippen LogP contribution in [0.3, 0.4) is 0 Å². The van der Waals surface area contributed by atoms with Gasteiger partial charge in [-0.2, -0.15) is 5.10 Å². The number of hydrazone groups is 1. The van der Waals surface area contributed by atoms with Gasteiger partial charge in [0.2, 0.25) is 0 Å². The molecule has 0 saturated heterocycles. The molecule has 0 aliphatic heterocycles. The predicted molar refractivity (Wildman–Crippen MR) is 42.7 cm³/mol. The average molecular weight is 173 g/mol. The van der Waals surface area contributed by atoms with Crippen LogP contribution in [-0.2, 0) is 4.79 Å². The molecule has 0 spiro atoms. The molecule has 0 radical (unpaired) electrons. The van der Waals surface area contributed by atoms with Gasteiger partial charge in [-0.05, 0) is 12.8 Å². The number of hydrogen-bond acceptors (Lipinski definition) is 3. The standard InChI is InChI=1S/C6H11N3O3/c7-6(12)9-8-4-2-1-3-5(10)11/h4H,1-3H2,(H,10,11)(H3,7,9,12). The van der Waals surface area contributed by atoms with E-state index in [-0.39, 0.29) is 6.42 Å². The molecule has 0 saturated carbocycles. The average Bonchev–Trinajstić information content (AvgIpc) is 1.95. The first-order valence-corrected chi connectivity index (χ1v) is 3.41. The van der Waals surface area contributed by atoms with Crippen molar-refractivity contribution < 1.29 is 14.7 Å². The smallest absolute Gasteiger partial charge is 0.332 e. The first kappa shape index (κ1) is 10.4. The fraction of sp³-hybridized carbons (Fsp3) is 0.500. The number of aliphatic carboxylic acids is 1. The van der Waals surface area contributed by atoms with Crippen molar-refractivity contribution >= 4 is 18.2 Å². The Hall–Kier alpha value is -1.59. The molecule has 68 valence electrons. The number of rotatable bonds is 5. The topological polar surface area (TPSA) is 105 Å². The first-order valence-electron chi connectivity index (χ1n) is 3.41. The van der Waals surface area contributed by atoms with Crippen molar-refractivity contribution in [2.75, 3.05) is 0 Å². The summed E-state index contributed by atoms with van der Waals surface area (Å²) in [6.45, 7) is 0. The number of carboxylic acids is 1. The highest BCUT2D eigenvalue weighted by Gasteiger charge is 1.93. The van der Waals surface area contributed by atoms with Crippen LogP contribution in [0.15, 0.2) is 5.10 Å². The van der Waals surface area contributed by atoms with Crippen LogP contribution in [0, 0.1) is 0 Å². The molecule has 0 aromatic rings. The number of carbonyl (C=O) groups is 2. The van der Waals surface area contributed by atoms with Gasteiger partial charge in [-0.25, -0.2) is 10.2 Å². The Morgan fingerprint density at radius 3 is 2.75 bits per heavy atom.